The molecule has 2 aromatic carbocycles. The van der Waals surface area contributed by atoms with E-state index in [0.717, 1.165) is 17.5 Å². The maximum absolute atomic E-state index is 12.0. The Balaban J connectivity index is 1.91. The summed E-state index contributed by atoms with van der Waals surface area (Å²) in [6.45, 7) is 3.16. The van der Waals surface area contributed by atoms with Gasteiger partial charge in [-0.3, -0.25) is 4.79 Å². The number of carbonyl (C=O) groups is 1. The Morgan fingerprint density at radius 2 is 1.95 bits per heavy atom. The lowest BCUT2D eigenvalue weighted by Crippen LogP contribution is -2.38. The molecular formula is C17H22N2O2. The standard InChI is InChI=1S/C17H22N2O2/c1-13(17(20)18-10-5-11-21-2)19-16-9-8-14-6-3-4-7-15(14)12-16/h3-4,6-9,12-13,19H,5,10-11H2,1-2H3,(H,18,20). The van der Waals surface area contributed by atoms with Crippen LogP contribution in [0.5, 0.6) is 0 Å². The lowest BCUT2D eigenvalue weighted by atomic mass is 10.1. The molecule has 0 radical (unpaired) electrons. The van der Waals surface area contributed by atoms with Crippen molar-refractivity contribution in [2.75, 3.05) is 25.6 Å². The van der Waals surface area contributed by atoms with Crippen LogP contribution in [0.3, 0.4) is 0 Å². The molecule has 0 saturated carbocycles. The van der Waals surface area contributed by atoms with E-state index in [-0.39, 0.29) is 11.9 Å². The van der Waals surface area contributed by atoms with Crippen LogP contribution in [0, 0.1) is 0 Å². The van der Waals surface area contributed by atoms with Gasteiger partial charge in [0.1, 0.15) is 6.04 Å². The molecule has 1 unspecified atom stereocenters. The SMILES string of the molecule is COCCCNC(=O)C(C)Nc1ccc2ccccc2c1. The number of methoxy groups -OCH3 is 1. The van der Waals surface area contributed by atoms with E-state index < -0.39 is 0 Å². The molecule has 1 atom stereocenters. The van der Waals surface area contributed by atoms with Crippen molar-refractivity contribution >= 4 is 22.4 Å². The van der Waals surface area contributed by atoms with Gasteiger partial charge in [-0.25, -0.2) is 0 Å². The zero-order valence-corrected chi connectivity index (χ0v) is 12.6. The van der Waals surface area contributed by atoms with Crippen LogP contribution in [0.25, 0.3) is 10.8 Å². The summed E-state index contributed by atoms with van der Waals surface area (Å²) in [6.07, 6.45) is 0.824. The molecule has 4 heteroatoms. The highest BCUT2D eigenvalue weighted by Crippen LogP contribution is 2.19. The van der Waals surface area contributed by atoms with Gasteiger partial charge in [0.25, 0.3) is 0 Å². The van der Waals surface area contributed by atoms with Crippen LogP contribution in [0.1, 0.15) is 13.3 Å². The molecule has 0 bridgehead atoms. The first-order valence-corrected chi connectivity index (χ1v) is 7.22. The lowest BCUT2D eigenvalue weighted by Gasteiger charge is -2.15. The molecular weight excluding hydrogens is 264 g/mol. The Kier molecular flexibility index (Phi) is 5.58. The molecule has 112 valence electrons. The normalized spacial score (nSPS) is 12.1. The molecule has 0 fully saturated rings. The number of hydrogen-bond donors (Lipinski definition) is 2. The minimum absolute atomic E-state index is 0.000684. The largest absolute Gasteiger partial charge is 0.385 e. The second-order valence-corrected chi connectivity index (χ2v) is 5.07. The fourth-order valence-electron chi connectivity index (χ4n) is 2.18. The predicted molar refractivity (Wildman–Crippen MR) is 86.5 cm³/mol. The Labute approximate surface area is 125 Å². The first-order chi connectivity index (χ1) is 10.2. The fraction of sp³-hybridized carbons (Fsp3) is 0.353. The van der Waals surface area contributed by atoms with Crippen LogP contribution in [0.2, 0.25) is 0 Å². The number of fused-ring (bicyclic) bond motifs is 1. The van der Waals surface area contributed by atoms with Crippen molar-refractivity contribution in [2.24, 2.45) is 0 Å². The number of rotatable bonds is 7. The van der Waals surface area contributed by atoms with Gasteiger partial charge in [0.15, 0.2) is 0 Å². The number of benzene rings is 2. The van der Waals surface area contributed by atoms with Crippen LogP contribution in [0.4, 0.5) is 5.69 Å². The molecule has 0 saturated heterocycles. The van der Waals surface area contributed by atoms with Crippen molar-refractivity contribution in [1.29, 1.82) is 0 Å². The highest BCUT2D eigenvalue weighted by atomic mass is 16.5. The second-order valence-electron chi connectivity index (χ2n) is 5.07. The summed E-state index contributed by atoms with van der Waals surface area (Å²) in [5.41, 5.74) is 0.952. The van der Waals surface area contributed by atoms with Gasteiger partial charge in [0.2, 0.25) is 5.91 Å². The van der Waals surface area contributed by atoms with Gasteiger partial charge in [-0.15, -0.1) is 0 Å². The molecule has 2 rings (SSSR count). The van der Waals surface area contributed by atoms with E-state index in [1.165, 1.54) is 5.39 Å². The molecule has 0 aliphatic rings. The highest BCUT2D eigenvalue weighted by molar-refractivity contribution is 5.88. The van der Waals surface area contributed by atoms with Crippen molar-refractivity contribution in [2.45, 2.75) is 19.4 Å². The van der Waals surface area contributed by atoms with Crippen molar-refractivity contribution in [3.63, 3.8) is 0 Å². The number of hydrogen-bond acceptors (Lipinski definition) is 3. The number of nitrogens with one attached hydrogen (secondary N) is 2. The van der Waals surface area contributed by atoms with Gasteiger partial charge >= 0.3 is 0 Å². The molecule has 1 amide bonds. The second kappa shape index (κ2) is 7.64. The predicted octanol–water partition coefficient (Wildman–Crippen LogP) is 2.79. The topological polar surface area (TPSA) is 50.4 Å². The van der Waals surface area contributed by atoms with Gasteiger partial charge in [0.05, 0.1) is 0 Å². The zero-order chi connectivity index (χ0) is 15.1. The van der Waals surface area contributed by atoms with Crippen LogP contribution >= 0.6 is 0 Å². The minimum atomic E-state index is -0.270. The van der Waals surface area contributed by atoms with E-state index in [4.69, 9.17) is 4.74 Å². The van der Waals surface area contributed by atoms with Crippen molar-refractivity contribution in [3.8, 4) is 0 Å². The summed E-state index contributed by atoms with van der Waals surface area (Å²) in [6, 6.07) is 14.0. The summed E-state index contributed by atoms with van der Waals surface area (Å²) >= 11 is 0. The first kappa shape index (κ1) is 15.3. The number of carbonyl (C=O) groups excluding carboxylic acids is 1. The van der Waals surface area contributed by atoms with Gasteiger partial charge in [-0.05, 0) is 36.2 Å². The first-order valence-electron chi connectivity index (χ1n) is 7.22. The Hall–Kier alpha value is -2.07. The average molecular weight is 286 g/mol. The van der Waals surface area contributed by atoms with Gasteiger partial charge in [-0.2, -0.15) is 0 Å². The zero-order valence-electron chi connectivity index (χ0n) is 12.6. The highest BCUT2D eigenvalue weighted by Gasteiger charge is 2.11. The quantitative estimate of drug-likeness (QED) is 0.770. The van der Waals surface area contributed by atoms with Crippen molar-refractivity contribution in [3.05, 3.63) is 42.5 Å². The van der Waals surface area contributed by atoms with Crippen LogP contribution in [-0.4, -0.2) is 32.2 Å². The molecule has 2 aromatic rings. The van der Waals surface area contributed by atoms with E-state index in [2.05, 4.69) is 34.9 Å². The lowest BCUT2D eigenvalue weighted by molar-refractivity contribution is -0.121. The third kappa shape index (κ3) is 4.46. The summed E-state index contributed by atoms with van der Waals surface area (Å²) in [5, 5.41) is 8.48. The van der Waals surface area contributed by atoms with Crippen LogP contribution in [0.15, 0.2) is 42.5 Å². The van der Waals surface area contributed by atoms with E-state index in [0.29, 0.717) is 13.2 Å². The molecule has 2 N–H and O–H groups in total. The monoisotopic (exact) mass is 286 g/mol. The minimum Gasteiger partial charge on any atom is -0.385 e. The number of ether oxygens (including phenoxy) is 1. The summed E-state index contributed by atoms with van der Waals surface area (Å²) < 4.78 is 4.95. The van der Waals surface area contributed by atoms with E-state index in [9.17, 15) is 4.79 Å². The molecule has 0 spiro atoms. The van der Waals surface area contributed by atoms with Crippen LogP contribution < -0.4 is 10.6 Å². The van der Waals surface area contributed by atoms with Gasteiger partial charge in [-0.1, -0.05) is 30.3 Å². The van der Waals surface area contributed by atoms with E-state index in [1.807, 2.05) is 25.1 Å². The van der Waals surface area contributed by atoms with Crippen molar-refractivity contribution in [1.82, 2.24) is 5.32 Å². The smallest absolute Gasteiger partial charge is 0.242 e. The molecule has 0 aromatic heterocycles. The molecule has 4 nitrogen and oxygen atoms in total. The third-order valence-corrected chi connectivity index (χ3v) is 3.35. The fourth-order valence-corrected chi connectivity index (χ4v) is 2.18. The summed E-state index contributed by atoms with van der Waals surface area (Å²) in [7, 11) is 1.66. The Bertz CT molecular complexity index is 598. The molecule has 21 heavy (non-hydrogen) atoms. The number of amides is 1. The molecule has 0 aliphatic carbocycles. The van der Waals surface area contributed by atoms with Crippen molar-refractivity contribution < 1.29 is 9.53 Å². The molecule has 0 aliphatic heterocycles. The van der Waals surface area contributed by atoms with Gasteiger partial charge < -0.3 is 15.4 Å². The maximum atomic E-state index is 12.0. The van der Waals surface area contributed by atoms with E-state index >= 15 is 0 Å². The van der Waals surface area contributed by atoms with Crippen LogP contribution in [-0.2, 0) is 9.53 Å². The summed E-state index contributed by atoms with van der Waals surface area (Å²) in [4.78, 5) is 12.0. The van der Waals surface area contributed by atoms with E-state index in [1.54, 1.807) is 7.11 Å². The number of anilines is 1. The van der Waals surface area contributed by atoms with Gasteiger partial charge in [0, 0.05) is 25.9 Å². The average Bonchev–Trinajstić information content (AvgIpc) is 2.51. The maximum Gasteiger partial charge on any atom is 0.242 e. The molecule has 0 heterocycles. The summed E-state index contributed by atoms with van der Waals surface area (Å²) in [5.74, 6) is -0.000684. The third-order valence-electron chi connectivity index (χ3n) is 3.35. The Morgan fingerprint density at radius 3 is 2.71 bits per heavy atom. The Morgan fingerprint density at radius 1 is 1.19 bits per heavy atom.